The molecule has 3 aromatic heterocycles. The molecule has 3 saturated carbocycles. The van der Waals surface area contributed by atoms with E-state index in [-0.39, 0.29) is 11.7 Å². The molecule has 3 aliphatic carbocycles. The highest BCUT2D eigenvalue weighted by atomic mass is 19.1. The summed E-state index contributed by atoms with van der Waals surface area (Å²) in [6.07, 6.45) is 5.86. The lowest BCUT2D eigenvalue weighted by Gasteiger charge is -2.52. The number of aromatic nitrogens is 4. The van der Waals surface area contributed by atoms with Gasteiger partial charge < -0.3 is 14.0 Å². The number of hydrogen-bond donors (Lipinski definition) is 0. The molecule has 4 aromatic rings. The normalized spacial score (nSPS) is 26.8. The minimum absolute atomic E-state index is 0.0848. The highest BCUT2D eigenvalue weighted by Crippen LogP contribution is 2.60. The van der Waals surface area contributed by atoms with Gasteiger partial charge in [-0.05, 0) is 73.6 Å². The summed E-state index contributed by atoms with van der Waals surface area (Å²) in [6, 6.07) is 6.78. The van der Waals surface area contributed by atoms with Crippen LogP contribution in [0.2, 0.25) is 0 Å². The molecule has 6 nitrogen and oxygen atoms in total. The first-order chi connectivity index (χ1) is 17.0. The first-order valence-electron chi connectivity index (χ1n) is 12.6. The van der Waals surface area contributed by atoms with Gasteiger partial charge in [-0.1, -0.05) is 0 Å². The Bertz CT molecular complexity index is 1570. The molecule has 1 aliphatic heterocycles. The molecule has 8 heteroatoms. The number of carbonyl (C=O) groups is 1. The maximum absolute atomic E-state index is 15.4. The van der Waals surface area contributed by atoms with E-state index in [0.29, 0.717) is 57.3 Å². The number of aryl methyl sites for hydroxylation is 1. The standard InChI is InChI=1S/C27H25F2N5O/c1-32-24-19(29)6-16(27(35)34-12-17-4-14-8-21(34)23(14)17)7-20(24)31-26(32)22-9-15-5-18(28)10-30-25(15)33(22)11-13-2-3-13/h5-7,9-10,13-14,17,21,23H,2-4,8,11-12H2,1H3/t14?,17-,21-,23-/m1/s1. The fourth-order valence-corrected chi connectivity index (χ4v) is 7.06. The van der Waals surface area contributed by atoms with Gasteiger partial charge in [0.1, 0.15) is 22.8 Å². The predicted molar refractivity (Wildman–Crippen MR) is 127 cm³/mol. The lowest BCUT2D eigenvalue weighted by atomic mass is 9.53. The Balaban J connectivity index is 1.23. The average molecular weight is 474 g/mol. The van der Waals surface area contributed by atoms with Crippen LogP contribution in [0.5, 0.6) is 0 Å². The van der Waals surface area contributed by atoms with Crippen LogP contribution in [0.15, 0.2) is 30.5 Å². The number of imidazole rings is 1. The Kier molecular flexibility index (Phi) is 3.81. The molecular weight excluding hydrogens is 448 g/mol. The number of rotatable bonds is 4. The predicted octanol–water partition coefficient (Wildman–Crippen LogP) is 4.76. The van der Waals surface area contributed by atoms with Gasteiger partial charge in [0.25, 0.3) is 5.91 Å². The zero-order valence-electron chi connectivity index (χ0n) is 19.4. The third kappa shape index (κ3) is 2.71. The van der Waals surface area contributed by atoms with Gasteiger partial charge in [-0.3, -0.25) is 4.79 Å². The molecule has 0 spiro atoms. The van der Waals surface area contributed by atoms with Crippen molar-refractivity contribution in [2.24, 2.45) is 30.7 Å². The van der Waals surface area contributed by atoms with Crippen LogP contribution >= 0.6 is 0 Å². The minimum Gasteiger partial charge on any atom is -0.335 e. The highest BCUT2D eigenvalue weighted by Gasteiger charge is 2.61. The molecular formula is C27H25F2N5O. The second-order valence-electron chi connectivity index (χ2n) is 11.1. The van der Waals surface area contributed by atoms with Crippen molar-refractivity contribution in [1.82, 2.24) is 24.0 Å². The van der Waals surface area contributed by atoms with E-state index in [9.17, 15) is 9.18 Å². The van der Waals surface area contributed by atoms with E-state index in [2.05, 4.69) is 9.55 Å². The smallest absolute Gasteiger partial charge is 0.254 e. The summed E-state index contributed by atoms with van der Waals surface area (Å²) in [4.78, 5) is 24.5. The second-order valence-corrected chi connectivity index (χ2v) is 11.1. The van der Waals surface area contributed by atoms with Crippen LogP contribution in [-0.2, 0) is 13.6 Å². The number of likely N-dealkylation sites (tertiary alicyclic amines) is 1. The van der Waals surface area contributed by atoms with Crippen molar-refractivity contribution in [3.05, 3.63) is 47.7 Å². The van der Waals surface area contributed by atoms with Gasteiger partial charge in [0.2, 0.25) is 0 Å². The van der Waals surface area contributed by atoms with Crippen molar-refractivity contribution < 1.29 is 13.6 Å². The van der Waals surface area contributed by atoms with Gasteiger partial charge in [0, 0.05) is 37.1 Å². The number of hydrogen-bond acceptors (Lipinski definition) is 3. The Morgan fingerprint density at radius 2 is 1.97 bits per heavy atom. The summed E-state index contributed by atoms with van der Waals surface area (Å²) in [5, 5.41) is 0.700. The molecule has 1 saturated heterocycles. The fourth-order valence-electron chi connectivity index (χ4n) is 7.06. The molecule has 4 fully saturated rings. The molecule has 4 atom stereocenters. The van der Waals surface area contributed by atoms with Crippen molar-refractivity contribution in [3.63, 3.8) is 0 Å². The molecule has 8 rings (SSSR count). The molecule has 4 aliphatic rings. The van der Waals surface area contributed by atoms with Crippen molar-refractivity contribution in [2.75, 3.05) is 6.54 Å². The molecule has 1 unspecified atom stereocenters. The summed E-state index contributed by atoms with van der Waals surface area (Å²) in [5.74, 6) is 2.32. The first-order valence-corrected chi connectivity index (χ1v) is 12.6. The molecule has 0 radical (unpaired) electrons. The number of fused-ring (bicyclic) bond motifs is 2. The topological polar surface area (TPSA) is 56.0 Å². The fraction of sp³-hybridized carbons (Fsp3) is 0.444. The first kappa shape index (κ1) is 20.0. The summed E-state index contributed by atoms with van der Waals surface area (Å²) in [7, 11) is 1.79. The Morgan fingerprint density at radius 1 is 1.11 bits per heavy atom. The molecule has 4 heterocycles. The Hall–Kier alpha value is -3.29. The zero-order valence-corrected chi connectivity index (χ0v) is 19.4. The molecule has 1 aromatic carbocycles. The van der Waals surface area contributed by atoms with Gasteiger partial charge in [0.05, 0.1) is 17.4 Å². The summed E-state index contributed by atoms with van der Waals surface area (Å²) in [6.45, 7) is 1.56. The van der Waals surface area contributed by atoms with Crippen LogP contribution in [0, 0.1) is 35.3 Å². The van der Waals surface area contributed by atoms with E-state index < -0.39 is 5.82 Å². The molecule has 1 amide bonds. The van der Waals surface area contributed by atoms with E-state index in [1.165, 1.54) is 24.8 Å². The van der Waals surface area contributed by atoms with Crippen LogP contribution in [0.4, 0.5) is 8.78 Å². The van der Waals surface area contributed by atoms with Gasteiger partial charge in [-0.25, -0.2) is 18.7 Å². The van der Waals surface area contributed by atoms with E-state index in [1.807, 2.05) is 11.0 Å². The molecule has 35 heavy (non-hydrogen) atoms. The van der Waals surface area contributed by atoms with Gasteiger partial charge in [0.15, 0.2) is 5.82 Å². The lowest BCUT2D eigenvalue weighted by molar-refractivity contribution is -0.0204. The van der Waals surface area contributed by atoms with Crippen LogP contribution in [-0.4, -0.2) is 42.5 Å². The van der Waals surface area contributed by atoms with Crippen LogP contribution in [0.1, 0.15) is 36.0 Å². The summed E-state index contributed by atoms with van der Waals surface area (Å²) >= 11 is 0. The molecule has 0 N–H and O–H groups in total. The maximum Gasteiger partial charge on any atom is 0.254 e. The highest BCUT2D eigenvalue weighted by molar-refractivity contribution is 5.98. The number of benzene rings is 1. The quantitative estimate of drug-likeness (QED) is 0.430. The third-order valence-electron chi connectivity index (χ3n) is 9.01. The zero-order chi connectivity index (χ0) is 23.6. The molecule has 178 valence electrons. The average Bonchev–Trinajstić information content (AvgIpc) is 3.48. The largest absolute Gasteiger partial charge is 0.335 e. The maximum atomic E-state index is 15.4. The van der Waals surface area contributed by atoms with E-state index >= 15 is 4.39 Å². The molecule has 0 bridgehead atoms. The number of carbonyl (C=O) groups excluding carboxylic acids is 1. The van der Waals surface area contributed by atoms with Crippen molar-refractivity contribution in [1.29, 1.82) is 0 Å². The van der Waals surface area contributed by atoms with Crippen LogP contribution < -0.4 is 0 Å². The van der Waals surface area contributed by atoms with E-state index in [0.717, 1.165) is 44.0 Å². The van der Waals surface area contributed by atoms with Gasteiger partial charge in [-0.2, -0.15) is 0 Å². The van der Waals surface area contributed by atoms with Gasteiger partial charge >= 0.3 is 0 Å². The third-order valence-corrected chi connectivity index (χ3v) is 9.01. The van der Waals surface area contributed by atoms with Gasteiger partial charge in [-0.15, -0.1) is 0 Å². The second kappa shape index (κ2) is 6.68. The van der Waals surface area contributed by atoms with Crippen LogP contribution in [0.3, 0.4) is 0 Å². The van der Waals surface area contributed by atoms with Crippen LogP contribution in [0.25, 0.3) is 33.6 Å². The number of halogens is 2. The van der Waals surface area contributed by atoms with Crippen molar-refractivity contribution in [2.45, 2.75) is 38.3 Å². The SMILES string of the molecule is Cn1c(-c2cc3cc(F)cnc3n2CC2CC2)nc2cc(C(=O)N3C[C@H]4CC5C[C@@H]3[C@H]54)cc(F)c21. The summed E-state index contributed by atoms with van der Waals surface area (Å²) < 4.78 is 33.2. The van der Waals surface area contributed by atoms with Crippen molar-refractivity contribution in [3.8, 4) is 11.5 Å². The van der Waals surface area contributed by atoms with E-state index in [1.54, 1.807) is 17.7 Å². The minimum atomic E-state index is -0.449. The van der Waals surface area contributed by atoms with Crippen molar-refractivity contribution >= 4 is 28.0 Å². The number of pyridine rings is 1. The Labute approximate surface area is 200 Å². The monoisotopic (exact) mass is 473 g/mol. The Morgan fingerprint density at radius 3 is 2.74 bits per heavy atom. The lowest BCUT2D eigenvalue weighted by Crippen LogP contribution is -2.53. The summed E-state index contributed by atoms with van der Waals surface area (Å²) in [5.41, 5.74) is 2.68. The van der Waals surface area contributed by atoms with E-state index in [4.69, 9.17) is 4.98 Å². The number of nitrogens with zero attached hydrogens (tertiary/aromatic N) is 5. The number of amides is 1.